The van der Waals surface area contributed by atoms with Crippen molar-refractivity contribution < 1.29 is 0 Å². The fourth-order valence-corrected chi connectivity index (χ4v) is 10.8. The predicted octanol–water partition coefficient (Wildman–Crippen LogP) is 8.04. The highest BCUT2D eigenvalue weighted by molar-refractivity contribution is 7.25. The van der Waals surface area contributed by atoms with Gasteiger partial charge in [0, 0.05) is 36.6 Å². The van der Waals surface area contributed by atoms with E-state index in [1.165, 1.54) is 108 Å². The molecule has 2 aromatic heterocycles. The van der Waals surface area contributed by atoms with Gasteiger partial charge < -0.3 is 4.57 Å². The second-order valence-corrected chi connectivity index (χ2v) is 15.8. The first-order valence-corrected chi connectivity index (χ1v) is 18.9. The van der Waals surface area contributed by atoms with Crippen LogP contribution in [0.25, 0.3) is 47.7 Å². The summed E-state index contributed by atoms with van der Waals surface area (Å²) in [6.07, 6.45) is 0. The second kappa shape index (κ2) is 11.4. The maximum Gasteiger partial charge on any atom is 0.240 e. The summed E-state index contributed by atoms with van der Waals surface area (Å²) in [6.45, 7) is 11.8. The lowest BCUT2D eigenvalue weighted by Gasteiger charge is -2.34. The van der Waals surface area contributed by atoms with E-state index in [1.54, 1.807) is 0 Å². The first kappa shape index (κ1) is 30.5. The van der Waals surface area contributed by atoms with Crippen molar-refractivity contribution in [2.45, 2.75) is 34.6 Å². The molecule has 0 spiro atoms. The minimum Gasteiger partial charge on any atom is -0.309 e. The molecule has 0 bridgehead atoms. The van der Waals surface area contributed by atoms with Gasteiger partial charge in [-0.05, 0) is 71.0 Å². The van der Waals surface area contributed by atoms with Crippen molar-refractivity contribution >= 4 is 99.5 Å². The average Bonchev–Trinajstić information content (AvgIpc) is 3.65. The summed E-state index contributed by atoms with van der Waals surface area (Å²) in [5, 5.41) is 5.28. The zero-order valence-corrected chi connectivity index (χ0v) is 30.5. The summed E-state index contributed by atoms with van der Waals surface area (Å²) in [5.74, 6) is 0. The zero-order valence-electron chi connectivity index (χ0n) is 29.7. The largest absolute Gasteiger partial charge is 0.309 e. The van der Waals surface area contributed by atoms with E-state index >= 15 is 0 Å². The lowest BCUT2D eigenvalue weighted by molar-refractivity contribution is 1.17. The fraction of sp³-hybridized carbons (Fsp3) is 0.106. The predicted molar refractivity (Wildman–Crippen MR) is 226 cm³/mol. The average molecular weight is 670 g/mol. The quantitative estimate of drug-likeness (QED) is 0.168. The fourth-order valence-electron chi connectivity index (χ4n) is 9.68. The molecule has 1 aliphatic heterocycles. The number of rotatable bonds is 3. The number of thiophene rings is 1. The molecule has 4 heteroatoms. The van der Waals surface area contributed by atoms with Crippen LogP contribution in [0.15, 0.2) is 133 Å². The first-order valence-electron chi connectivity index (χ1n) is 18.1. The Morgan fingerprint density at radius 2 is 0.902 bits per heavy atom. The molecule has 242 valence electrons. The molecular weight excluding hydrogens is 632 g/mol. The number of benzene rings is 7. The van der Waals surface area contributed by atoms with Crippen molar-refractivity contribution in [1.29, 1.82) is 0 Å². The maximum absolute atomic E-state index is 2.50. The van der Waals surface area contributed by atoms with Gasteiger partial charge in [0.1, 0.15) is 0 Å². The number of nitrogens with zero attached hydrogens (tertiary/aromatic N) is 1. The van der Waals surface area contributed by atoms with E-state index in [9.17, 15) is 0 Å². The molecule has 0 N–H and O–H groups in total. The standard InChI is InChI=1S/C47H37B2NS/c1-28-22-29(2)46(30(3)23-28)48-38-16-8-10-18-40(38)49(41-19-11-9-17-39(41)48)47-31(4)24-33(25-32(47)5)50-42-20-12-6-14-34(42)36-27-45-37(26-43(36)50)35-15-7-13-21-44(35)51-45/h6-27H,1-5H3. The highest BCUT2D eigenvalue weighted by Crippen LogP contribution is 2.40. The van der Waals surface area contributed by atoms with Crippen molar-refractivity contribution in [1.82, 2.24) is 4.57 Å². The molecule has 0 fully saturated rings. The van der Waals surface area contributed by atoms with Crippen LogP contribution < -0.4 is 32.8 Å². The number of aryl methyl sites for hydroxylation is 5. The van der Waals surface area contributed by atoms with E-state index in [2.05, 4.69) is 173 Å². The van der Waals surface area contributed by atoms with Gasteiger partial charge in [-0.1, -0.05) is 158 Å². The van der Waals surface area contributed by atoms with E-state index in [-0.39, 0.29) is 13.4 Å². The molecule has 0 radical (unpaired) electrons. The third-order valence-electron chi connectivity index (χ3n) is 11.6. The van der Waals surface area contributed by atoms with Crippen molar-refractivity contribution in [3.8, 4) is 5.69 Å². The Morgan fingerprint density at radius 1 is 0.412 bits per heavy atom. The first-order chi connectivity index (χ1) is 24.9. The zero-order chi connectivity index (χ0) is 34.5. The molecule has 7 aromatic carbocycles. The lowest BCUT2D eigenvalue weighted by atomic mass is 9.20. The van der Waals surface area contributed by atoms with E-state index < -0.39 is 0 Å². The molecule has 9 aromatic rings. The topological polar surface area (TPSA) is 4.93 Å². The Hall–Kier alpha value is -5.31. The Labute approximate surface area is 304 Å². The van der Waals surface area contributed by atoms with Crippen LogP contribution in [0.1, 0.15) is 27.8 Å². The Bertz CT molecular complexity index is 2800. The van der Waals surface area contributed by atoms with Crippen molar-refractivity contribution in [3.05, 3.63) is 161 Å². The van der Waals surface area contributed by atoms with Crippen LogP contribution in [-0.4, -0.2) is 18.0 Å². The molecular formula is C47H37B2NS. The number of hydrogen-bond acceptors (Lipinski definition) is 1. The van der Waals surface area contributed by atoms with E-state index in [0.717, 1.165) is 0 Å². The summed E-state index contributed by atoms with van der Waals surface area (Å²) >= 11 is 1.89. The summed E-state index contributed by atoms with van der Waals surface area (Å²) < 4.78 is 5.19. The number of aromatic nitrogens is 1. The molecule has 0 saturated heterocycles. The molecule has 0 atom stereocenters. The summed E-state index contributed by atoms with van der Waals surface area (Å²) in [7, 11) is 0. The Kier molecular flexibility index (Phi) is 6.79. The molecule has 10 rings (SSSR count). The van der Waals surface area contributed by atoms with Gasteiger partial charge in [0.05, 0.1) is 11.0 Å². The van der Waals surface area contributed by atoms with Gasteiger partial charge in [0.15, 0.2) is 0 Å². The molecule has 1 nitrogen and oxygen atoms in total. The number of para-hydroxylation sites is 1. The monoisotopic (exact) mass is 669 g/mol. The SMILES string of the molecule is Cc1cc(C)c(B2c3ccccc3B(c3c(C)cc(-n4c5ccccc5c5cc6sc7ccccc7c6cc54)cc3C)c3ccccc32)c(C)c1. The van der Waals surface area contributed by atoms with Crippen LogP contribution >= 0.6 is 11.3 Å². The number of fused-ring (bicyclic) bond motifs is 8. The van der Waals surface area contributed by atoms with Crippen molar-refractivity contribution in [2.75, 3.05) is 0 Å². The van der Waals surface area contributed by atoms with Gasteiger partial charge in [-0.3, -0.25) is 0 Å². The summed E-state index contributed by atoms with van der Waals surface area (Å²) in [5.41, 5.74) is 19.0. The molecule has 0 aliphatic carbocycles. The van der Waals surface area contributed by atoms with E-state index in [1.807, 2.05) is 11.3 Å². The van der Waals surface area contributed by atoms with Crippen LogP contribution in [0.4, 0.5) is 0 Å². The van der Waals surface area contributed by atoms with Gasteiger partial charge >= 0.3 is 0 Å². The minimum atomic E-state index is 0.156. The van der Waals surface area contributed by atoms with Crippen LogP contribution in [0.5, 0.6) is 0 Å². The minimum absolute atomic E-state index is 0.156. The Morgan fingerprint density at radius 3 is 1.49 bits per heavy atom. The van der Waals surface area contributed by atoms with E-state index in [4.69, 9.17) is 0 Å². The smallest absolute Gasteiger partial charge is 0.240 e. The summed E-state index contributed by atoms with van der Waals surface area (Å²) in [6, 6.07) is 50.6. The highest BCUT2D eigenvalue weighted by atomic mass is 32.1. The summed E-state index contributed by atoms with van der Waals surface area (Å²) in [4.78, 5) is 0. The van der Waals surface area contributed by atoms with Crippen LogP contribution in [0.2, 0.25) is 0 Å². The maximum atomic E-state index is 2.50. The molecule has 0 amide bonds. The molecule has 0 unspecified atom stereocenters. The normalized spacial score (nSPS) is 12.7. The van der Waals surface area contributed by atoms with Gasteiger partial charge in [0.2, 0.25) is 13.4 Å². The van der Waals surface area contributed by atoms with Crippen LogP contribution in [0, 0.1) is 34.6 Å². The van der Waals surface area contributed by atoms with Gasteiger partial charge in [-0.15, -0.1) is 11.3 Å². The van der Waals surface area contributed by atoms with Gasteiger partial charge in [-0.25, -0.2) is 0 Å². The van der Waals surface area contributed by atoms with Crippen molar-refractivity contribution in [2.24, 2.45) is 0 Å². The third kappa shape index (κ3) is 4.49. The molecule has 0 saturated carbocycles. The second-order valence-electron chi connectivity index (χ2n) is 14.7. The van der Waals surface area contributed by atoms with Gasteiger partial charge in [0.25, 0.3) is 0 Å². The molecule has 51 heavy (non-hydrogen) atoms. The highest BCUT2D eigenvalue weighted by Gasteiger charge is 2.40. The van der Waals surface area contributed by atoms with Crippen molar-refractivity contribution in [3.63, 3.8) is 0 Å². The molecule has 3 heterocycles. The Balaban J connectivity index is 1.19. The van der Waals surface area contributed by atoms with Crippen LogP contribution in [-0.2, 0) is 0 Å². The van der Waals surface area contributed by atoms with Crippen LogP contribution in [0.3, 0.4) is 0 Å². The lowest BCUT2D eigenvalue weighted by Crippen LogP contribution is -2.75. The molecule has 1 aliphatic rings. The number of hydrogen-bond donors (Lipinski definition) is 0. The van der Waals surface area contributed by atoms with Gasteiger partial charge in [-0.2, -0.15) is 0 Å². The van der Waals surface area contributed by atoms with E-state index in [0.29, 0.717) is 0 Å². The third-order valence-corrected chi connectivity index (χ3v) is 12.7.